The van der Waals surface area contributed by atoms with Gasteiger partial charge in [0.05, 0.1) is 0 Å². The fraction of sp³-hybridized carbons (Fsp3) is 0.455. The van der Waals surface area contributed by atoms with E-state index in [4.69, 9.17) is 0 Å². The van der Waals surface area contributed by atoms with E-state index in [-0.39, 0.29) is 0 Å². The van der Waals surface area contributed by atoms with E-state index in [0.29, 0.717) is 0 Å². The molecule has 0 aromatic heterocycles. The van der Waals surface area contributed by atoms with Gasteiger partial charge in [0.25, 0.3) is 0 Å². The highest BCUT2D eigenvalue weighted by atomic mass is 15.1. The minimum atomic E-state index is 0.932. The fourth-order valence-corrected chi connectivity index (χ4v) is 4.85. The maximum absolute atomic E-state index is 2.71. The van der Waals surface area contributed by atoms with Crippen molar-refractivity contribution in [3.8, 4) is 0 Å². The number of piperidine rings is 1. The van der Waals surface area contributed by atoms with Crippen LogP contribution < -0.4 is 0 Å². The Hall–Kier alpha value is -1.60. The summed E-state index contributed by atoms with van der Waals surface area (Å²) >= 11 is 0. The molecule has 2 atom stereocenters. The molecule has 120 valence electrons. The van der Waals surface area contributed by atoms with Crippen molar-refractivity contribution in [2.75, 3.05) is 13.1 Å². The molecule has 2 fully saturated rings. The third-order valence-corrected chi connectivity index (χ3v) is 5.96. The molecule has 2 aromatic rings. The summed E-state index contributed by atoms with van der Waals surface area (Å²) in [5.41, 5.74) is 2.98. The Balaban J connectivity index is 1.34. The summed E-state index contributed by atoms with van der Waals surface area (Å²) in [5, 5.41) is 0. The van der Waals surface area contributed by atoms with Crippen LogP contribution in [0, 0.1) is 17.8 Å². The molecule has 1 saturated heterocycles. The van der Waals surface area contributed by atoms with E-state index in [2.05, 4.69) is 65.6 Å². The van der Waals surface area contributed by atoms with Crippen LogP contribution in [0.1, 0.15) is 30.4 Å². The maximum Gasteiger partial charge on any atom is 0.0233 e. The van der Waals surface area contributed by atoms with Crippen LogP contribution >= 0.6 is 0 Å². The third-order valence-electron chi connectivity index (χ3n) is 5.96. The number of aryl methyl sites for hydroxylation is 1. The highest BCUT2D eigenvalue weighted by Crippen LogP contribution is 2.44. The van der Waals surface area contributed by atoms with Crippen molar-refractivity contribution in [3.63, 3.8) is 0 Å². The molecule has 1 saturated carbocycles. The van der Waals surface area contributed by atoms with Gasteiger partial charge in [-0.3, -0.25) is 4.90 Å². The SMILES string of the molecule is c1ccc(CCC2C3CCC2CN(Cc2ccccc2)C3)cc1. The van der Waals surface area contributed by atoms with Crippen molar-refractivity contribution in [3.05, 3.63) is 71.8 Å². The Kier molecular flexibility index (Phi) is 4.48. The van der Waals surface area contributed by atoms with Crippen molar-refractivity contribution in [1.82, 2.24) is 4.90 Å². The van der Waals surface area contributed by atoms with E-state index >= 15 is 0 Å². The lowest BCUT2D eigenvalue weighted by Crippen LogP contribution is -2.41. The normalized spacial score (nSPS) is 27.2. The lowest BCUT2D eigenvalue weighted by atomic mass is 9.81. The second-order valence-electron chi connectivity index (χ2n) is 7.47. The molecule has 1 aliphatic heterocycles. The van der Waals surface area contributed by atoms with Crippen molar-refractivity contribution in [2.45, 2.75) is 32.2 Å². The highest BCUT2D eigenvalue weighted by Gasteiger charge is 2.41. The fourth-order valence-electron chi connectivity index (χ4n) is 4.85. The van der Waals surface area contributed by atoms with Crippen LogP contribution in [0.2, 0.25) is 0 Å². The first-order chi connectivity index (χ1) is 11.4. The van der Waals surface area contributed by atoms with Gasteiger partial charge in [-0.15, -0.1) is 0 Å². The monoisotopic (exact) mass is 305 g/mol. The number of likely N-dealkylation sites (tertiary alicyclic amines) is 1. The number of hydrogen-bond donors (Lipinski definition) is 0. The van der Waals surface area contributed by atoms with E-state index in [1.807, 2.05) is 0 Å². The third kappa shape index (κ3) is 3.50. The van der Waals surface area contributed by atoms with Crippen LogP contribution in [-0.4, -0.2) is 18.0 Å². The molecule has 2 aromatic carbocycles. The summed E-state index contributed by atoms with van der Waals surface area (Å²) in [6.45, 7) is 3.76. The van der Waals surface area contributed by atoms with Crippen molar-refractivity contribution in [2.24, 2.45) is 17.8 Å². The summed E-state index contributed by atoms with van der Waals surface area (Å²) in [5.74, 6) is 2.82. The molecule has 0 amide bonds. The molecule has 4 rings (SSSR count). The minimum Gasteiger partial charge on any atom is -0.299 e. The average Bonchev–Trinajstić information content (AvgIpc) is 2.84. The van der Waals surface area contributed by atoms with Gasteiger partial charge >= 0.3 is 0 Å². The number of benzene rings is 2. The van der Waals surface area contributed by atoms with Gasteiger partial charge in [0.2, 0.25) is 0 Å². The van der Waals surface area contributed by atoms with Gasteiger partial charge in [-0.1, -0.05) is 60.7 Å². The molecule has 2 aliphatic rings. The van der Waals surface area contributed by atoms with Crippen LogP contribution in [0.25, 0.3) is 0 Å². The first-order valence-electron chi connectivity index (χ1n) is 9.19. The van der Waals surface area contributed by atoms with E-state index < -0.39 is 0 Å². The van der Waals surface area contributed by atoms with E-state index in [9.17, 15) is 0 Å². The van der Waals surface area contributed by atoms with E-state index in [1.54, 1.807) is 0 Å². The Morgan fingerprint density at radius 3 is 1.91 bits per heavy atom. The van der Waals surface area contributed by atoms with Gasteiger partial charge in [0.1, 0.15) is 0 Å². The number of nitrogens with zero attached hydrogens (tertiary/aromatic N) is 1. The van der Waals surface area contributed by atoms with Gasteiger partial charge in [-0.2, -0.15) is 0 Å². The smallest absolute Gasteiger partial charge is 0.0233 e. The molecular formula is C22H27N. The summed E-state index contributed by atoms with van der Waals surface area (Å²) < 4.78 is 0. The predicted octanol–water partition coefficient (Wildman–Crippen LogP) is 4.78. The Bertz CT molecular complexity index is 592. The molecule has 0 N–H and O–H groups in total. The van der Waals surface area contributed by atoms with Gasteiger partial charge in [0.15, 0.2) is 0 Å². The summed E-state index contributed by atoms with van der Waals surface area (Å²) in [6.07, 6.45) is 5.56. The molecule has 23 heavy (non-hydrogen) atoms. The Labute approximate surface area is 140 Å². The quantitative estimate of drug-likeness (QED) is 0.768. The van der Waals surface area contributed by atoms with Crippen LogP contribution in [-0.2, 0) is 13.0 Å². The minimum absolute atomic E-state index is 0.932. The van der Waals surface area contributed by atoms with Crippen molar-refractivity contribution < 1.29 is 0 Å². The molecule has 1 heteroatoms. The Morgan fingerprint density at radius 1 is 0.739 bits per heavy atom. The lowest BCUT2D eigenvalue weighted by molar-refractivity contribution is 0.0981. The zero-order valence-corrected chi connectivity index (χ0v) is 13.9. The molecule has 1 aliphatic carbocycles. The molecule has 1 heterocycles. The molecule has 1 nitrogen and oxygen atoms in total. The molecule has 2 unspecified atom stereocenters. The van der Waals surface area contributed by atoms with Crippen LogP contribution in [0.4, 0.5) is 0 Å². The summed E-state index contributed by atoms with van der Waals surface area (Å²) in [6, 6.07) is 22.0. The van der Waals surface area contributed by atoms with Crippen molar-refractivity contribution >= 4 is 0 Å². The standard InChI is InChI=1S/C22H27N/c1-3-7-18(8-4-1)11-14-22-20-12-13-21(22)17-23(16-20)15-19-9-5-2-6-10-19/h1-10,20-22H,11-17H2. The summed E-state index contributed by atoms with van der Waals surface area (Å²) in [4.78, 5) is 2.71. The first kappa shape index (κ1) is 15.0. The van der Waals surface area contributed by atoms with Gasteiger partial charge in [0, 0.05) is 19.6 Å². The number of hydrogen-bond acceptors (Lipinski definition) is 1. The Morgan fingerprint density at radius 2 is 1.30 bits per heavy atom. The van der Waals surface area contributed by atoms with Gasteiger partial charge in [-0.05, 0) is 54.6 Å². The zero-order chi connectivity index (χ0) is 15.5. The lowest BCUT2D eigenvalue weighted by Gasteiger charge is -2.38. The van der Waals surface area contributed by atoms with Crippen LogP contribution in [0.3, 0.4) is 0 Å². The largest absolute Gasteiger partial charge is 0.299 e. The van der Waals surface area contributed by atoms with Crippen LogP contribution in [0.15, 0.2) is 60.7 Å². The first-order valence-corrected chi connectivity index (χ1v) is 9.19. The number of fused-ring (bicyclic) bond motifs is 2. The molecule has 0 spiro atoms. The highest BCUT2D eigenvalue weighted by molar-refractivity contribution is 5.16. The van der Waals surface area contributed by atoms with Crippen LogP contribution in [0.5, 0.6) is 0 Å². The second-order valence-corrected chi connectivity index (χ2v) is 7.47. The molecule has 2 bridgehead atoms. The number of rotatable bonds is 5. The zero-order valence-electron chi connectivity index (χ0n) is 13.9. The van der Waals surface area contributed by atoms with Gasteiger partial charge in [-0.25, -0.2) is 0 Å². The molecular weight excluding hydrogens is 278 g/mol. The topological polar surface area (TPSA) is 3.24 Å². The average molecular weight is 305 g/mol. The predicted molar refractivity (Wildman–Crippen MR) is 96.2 cm³/mol. The van der Waals surface area contributed by atoms with E-state index in [0.717, 1.165) is 24.3 Å². The summed E-state index contributed by atoms with van der Waals surface area (Å²) in [7, 11) is 0. The van der Waals surface area contributed by atoms with Crippen molar-refractivity contribution in [1.29, 1.82) is 0 Å². The second kappa shape index (κ2) is 6.88. The van der Waals surface area contributed by atoms with E-state index in [1.165, 1.54) is 49.9 Å². The van der Waals surface area contributed by atoms with Gasteiger partial charge < -0.3 is 0 Å². The maximum atomic E-state index is 2.71. The molecule has 0 radical (unpaired) electrons.